The maximum atomic E-state index is 9.50. The molecule has 0 aliphatic heterocycles. The number of anilines is 1. The fraction of sp³-hybridized carbons (Fsp3) is 0.312. The number of hydrogen-bond acceptors (Lipinski definition) is 6. The SMILES string of the molecule is CSc1nc(NCC(C)O)c(C#N)c(-c2ccc(C)cc2)n1. The number of aryl methyl sites for hydroxylation is 1. The van der Waals surface area contributed by atoms with Crippen molar-refractivity contribution in [2.24, 2.45) is 0 Å². The number of aromatic nitrogens is 2. The van der Waals surface area contributed by atoms with Gasteiger partial charge in [-0.3, -0.25) is 0 Å². The molecule has 0 aliphatic carbocycles. The monoisotopic (exact) mass is 314 g/mol. The Morgan fingerprint density at radius 2 is 2.00 bits per heavy atom. The van der Waals surface area contributed by atoms with Gasteiger partial charge >= 0.3 is 0 Å². The molecule has 0 amide bonds. The van der Waals surface area contributed by atoms with E-state index in [0.29, 0.717) is 28.8 Å². The van der Waals surface area contributed by atoms with Gasteiger partial charge in [0, 0.05) is 12.1 Å². The first-order chi connectivity index (χ1) is 10.5. The Hall–Kier alpha value is -2.10. The van der Waals surface area contributed by atoms with Crippen LogP contribution in [0.25, 0.3) is 11.3 Å². The average Bonchev–Trinajstić information content (AvgIpc) is 2.52. The molecule has 0 bridgehead atoms. The van der Waals surface area contributed by atoms with E-state index < -0.39 is 6.10 Å². The van der Waals surface area contributed by atoms with E-state index in [0.717, 1.165) is 11.1 Å². The molecule has 0 saturated heterocycles. The number of aliphatic hydroxyl groups excluding tert-OH is 1. The summed E-state index contributed by atoms with van der Waals surface area (Å²) in [6.07, 6.45) is 1.36. The summed E-state index contributed by atoms with van der Waals surface area (Å²) in [6.45, 7) is 4.02. The first-order valence-corrected chi connectivity index (χ1v) is 8.12. The van der Waals surface area contributed by atoms with Gasteiger partial charge in [0.15, 0.2) is 5.16 Å². The van der Waals surface area contributed by atoms with Crippen LogP contribution in [0, 0.1) is 18.3 Å². The van der Waals surface area contributed by atoms with E-state index in [-0.39, 0.29) is 0 Å². The van der Waals surface area contributed by atoms with Gasteiger partial charge in [-0.15, -0.1) is 0 Å². The number of nitrogens with one attached hydrogen (secondary N) is 1. The van der Waals surface area contributed by atoms with Gasteiger partial charge < -0.3 is 10.4 Å². The van der Waals surface area contributed by atoms with Gasteiger partial charge in [0.05, 0.1) is 11.8 Å². The molecule has 2 aromatic rings. The highest BCUT2D eigenvalue weighted by Crippen LogP contribution is 2.28. The van der Waals surface area contributed by atoms with Crippen molar-refractivity contribution in [3.63, 3.8) is 0 Å². The first-order valence-electron chi connectivity index (χ1n) is 6.90. The number of thioether (sulfide) groups is 1. The molecule has 22 heavy (non-hydrogen) atoms. The van der Waals surface area contributed by atoms with Crippen molar-refractivity contribution >= 4 is 17.6 Å². The van der Waals surface area contributed by atoms with Crippen LogP contribution in [0.5, 0.6) is 0 Å². The summed E-state index contributed by atoms with van der Waals surface area (Å²) >= 11 is 1.41. The van der Waals surface area contributed by atoms with Crippen molar-refractivity contribution in [2.75, 3.05) is 18.1 Å². The van der Waals surface area contributed by atoms with Gasteiger partial charge in [0.2, 0.25) is 0 Å². The molecular weight excluding hydrogens is 296 g/mol. The van der Waals surface area contributed by atoms with Gasteiger partial charge in [-0.2, -0.15) is 5.26 Å². The smallest absolute Gasteiger partial charge is 0.189 e. The molecule has 0 saturated carbocycles. The molecule has 2 N–H and O–H groups in total. The summed E-state index contributed by atoms with van der Waals surface area (Å²) < 4.78 is 0. The highest BCUT2D eigenvalue weighted by Gasteiger charge is 2.16. The minimum absolute atomic E-state index is 0.326. The predicted molar refractivity (Wildman–Crippen MR) is 88.9 cm³/mol. The van der Waals surface area contributed by atoms with Crippen LogP contribution in [0.1, 0.15) is 18.1 Å². The van der Waals surface area contributed by atoms with Gasteiger partial charge in [-0.25, -0.2) is 9.97 Å². The molecule has 2 rings (SSSR count). The van der Waals surface area contributed by atoms with Crippen LogP contribution in [0.3, 0.4) is 0 Å². The molecule has 0 spiro atoms. The molecule has 1 atom stereocenters. The third-order valence-corrected chi connectivity index (χ3v) is 3.62. The van der Waals surface area contributed by atoms with Crippen LogP contribution in [0.4, 0.5) is 5.82 Å². The predicted octanol–water partition coefficient (Wildman–Crippen LogP) is 2.84. The quantitative estimate of drug-likeness (QED) is 0.652. The Kier molecular flexibility index (Phi) is 5.36. The van der Waals surface area contributed by atoms with Crippen LogP contribution in [0.2, 0.25) is 0 Å². The number of benzene rings is 1. The van der Waals surface area contributed by atoms with Crippen LogP contribution >= 0.6 is 11.8 Å². The fourth-order valence-electron chi connectivity index (χ4n) is 1.93. The number of nitrogens with zero attached hydrogens (tertiary/aromatic N) is 3. The highest BCUT2D eigenvalue weighted by molar-refractivity contribution is 7.98. The number of nitriles is 1. The molecule has 1 heterocycles. The van der Waals surface area contributed by atoms with E-state index in [9.17, 15) is 10.4 Å². The molecule has 0 radical (unpaired) electrons. The summed E-state index contributed by atoms with van der Waals surface area (Å²) in [4.78, 5) is 8.82. The summed E-state index contributed by atoms with van der Waals surface area (Å²) in [5, 5.41) is 22.5. The van der Waals surface area contributed by atoms with Crippen molar-refractivity contribution < 1.29 is 5.11 Å². The Morgan fingerprint density at radius 3 is 2.55 bits per heavy atom. The van der Waals surface area contributed by atoms with Crippen molar-refractivity contribution in [1.29, 1.82) is 5.26 Å². The van der Waals surface area contributed by atoms with Crippen molar-refractivity contribution in [2.45, 2.75) is 25.1 Å². The largest absolute Gasteiger partial charge is 0.392 e. The fourth-order valence-corrected chi connectivity index (χ4v) is 2.30. The van der Waals surface area contributed by atoms with Crippen LogP contribution in [-0.2, 0) is 0 Å². The van der Waals surface area contributed by atoms with Crippen molar-refractivity contribution in [1.82, 2.24) is 9.97 Å². The van der Waals surface area contributed by atoms with Gasteiger partial charge in [0.1, 0.15) is 17.5 Å². The van der Waals surface area contributed by atoms with E-state index in [2.05, 4.69) is 21.4 Å². The first kappa shape index (κ1) is 16.3. The van der Waals surface area contributed by atoms with Gasteiger partial charge in [0.25, 0.3) is 0 Å². The molecule has 1 unspecified atom stereocenters. The maximum Gasteiger partial charge on any atom is 0.189 e. The third kappa shape index (κ3) is 3.75. The summed E-state index contributed by atoms with van der Waals surface area (Å²) in [6, 6.07) is 10.0. The second-order valence-electron chi connectivity index (χ2n) is 4.99. The lowest BCUT2D eigenvalue weighted by molar-refractivity contribution is 0.208. The van der Waals surface area contributed by atoms with Gasteiger partial charge in [-0.1, -0.05) is 41.6 Å². The second-order valence-corrected chi connectivity index (χ2v) is 5.76. The topological polar surface area (TPSA) is 81.8 Å². The van der Waals surface area contributed by atoms with Crippen molar-refractivity contribution in [3.05, 3.63) is 35.4 Å². The molecule has 114 valence electrons. The molecule has 5 nitrogen and oxygen atoms in total. The second kappa shape index (κ2) is 7.25. The summed E-state index contributed by atoms with van der Waals surface area (Å²) in [7, 11) is 0. The van der Waals surface area contributed by atoms with E-state index in [4.69, 9.17) is 0 Å². The summed E-state index contributed by atoms with van der Waals surface area (Å²) in [5.74, 6) is 0.457. The van der Waals surface area contributed by atoms with E-state index in [1.165, 1.54) is 11.8 Å². The lowest BCUT2D eigenvalue weighted by Crippen LogP contribution is -2.17. The van der Waals surface area contributed by atoms with Crippen molar-refractivity contribution in [3.8, 4) is 17.3 Å². The summed E-state index contributed by atoms with van der Waals surface area (Å²) in [5.41, 5.74) is 3.02. The zero-order valence-corrected chi connectivity index (χ0v) is 13.6. The average molecular weight is 314 g/mol. The highest BCUT2D eigenvalue weighted by atomic mass is 32.2. The minimum atomic E-state index is -0.526. The molecular formula is C16H18N4OS. The van der Waals surface area contributed by atoms with Crippen LogP contribution in [-0.4, -0.2) is 34.0 Å². The molecule has 6 heteroatoms. The zero-order valence-electron chi connectivity index (χ0n) is 12.8. The Morgan fingerprint density at radius 1 is 1.32 bits per heavy atom. The normalized spacial score (nSPS) is 11.8. The van der Waals surface area contributed by atoms with Crippen LogP contribution < -0.4 is 5.32 Å². The lowest BCUT2D eigenvalue weighted by atomic mass is 10.1. The molecule has 0 aliphatic rings. The Balaban J connectivity index is 2.54. The maximum absolute atomic E-state index is 9.50. The molecule has 1 aromatic heterocycles. The number of aliphatic hydroxyl groups is 1. The number of rotatable bonds is 5. The Labute approximate surface area is 134 Å². The standard InChI is InChI=1S/C16H18N4OS/c1-10-4-6-12(7-5-10)14-13(8-17)15(18-9-11(2)21)20-16(19-14)22-3/h4-7,11,21H,9H2,1-3H3,(H,18,19,20). The molecule has 1 aromatic carbocycles. The molecule has 0 fully saturated rings. The van der Waals surface area contributed by atoms with E-state index in [1.54, 1.807) is 6.92 Å². The zero-order chi connectivity index (χ0) is 16.1. The number of hydrogen-bond donors (Lipinski definition) is 2. The Bertz CT molecular complexity index is 693. The lowest BCUT2D eigenvalue weighted by Gasteiger charge is -2.13. The van der Waals surface area contributed by atoms with E-state index in [1.807, 2.05) is 37.4 Å². The minimum Gasteiger partial charge on any atom is -0.392 e. The van der Waals surface area contributed by atoms with Crippen LogP contribution in [0.15, 0.2) is 29.4 Å². The van der Waals surface area contributed by atoms with E-state index >= 15 is 0 Å². The van der Waals surface area contributed by atoms with Gasteiger partial charge in [-0.05, 0) is 20.1 Å². The third-order valence-electron chi connectivity index (χ3n) is 3.07.